The summed E-state index contributed by atoms with van der Waals surface area (Å²) in [5.41, 5.74) is 1.03. The van der Waals surface area contributed by atoms with Crippen molar-refractivity contribution in [2.45, 2.75) is 6.92 Å². The molecule has 0 radical (unpaired) electrons. The first-order chi connectivity index (χ1) is 9.69. The summed E-state index contributed by atoms with van der Waals surface area (Å²) in [7, 11) is 4.76. The van der Waals surface area contributed by atoms with Crippen molar-refractivity contribution in [3.05, 3.63) is 42.0 Å². The standard InChI is InChI=1S/C16H18O4/c1-11-7-5-6-8-13(11)20-16-14(18-3)9-12(17-2)10-15(16)19-4/h5-10H,1-4H3. The van der Waals surface area contributed by atoms with Crippen molar-refractivity contribution >= 4 is 0 Å². The molecule has 106 valence electrons. The van der Waals surface area contributed by atoms with Crippen LogP contribution in [0.3, 0.4) is 0 Å². The molecule has 0 saturated carbocycles. The summed E-state index contributed by atoms with van der Waals surface area (Å²) in [5.74, 6) is 3.06. The molecule has 0 atom stereocenters. The van der Waals surface area contributed by atoms with E-state index in [1.165, 1.54) is 0 Å². The molecule has 4 nitrogen and oxygen atoms in total. The van der Waals surface area contributed by atoms with Crippen molar-refractivity contribution < 1.29 is 18.9 Å². The van der Waals surface area contributed by atoms with Gasteiger partial charge in [-0.05, 0) is 18.6 Å². The van der Waals surface area contributed by atoms with Crippen LogP contribution in [0.15, 0.2) is 36.4 Å². The van der Waals surface area contributed by atoms with Gasteiger partial charge >= 0.3 is 0 Å². The largest absolute Gasteiger partial charge is 0.496 e. The third-order valence-corrected chi connectivity index (χ3v) is 2.98. The van der Waals surface area contributed by atoms with E-state index in [4.69, 9.17) is 18.9 Å². The zero-order valence-electron chi connectivity index (χ0n) is 12.1. The lowest BCUT2D eigenvalue weighted by Gasteiger charge is -2.16. The molecule has 4 heteroatoms. The van der Waals surface area contributed by atoms with E-state index < -0.39 is 0 Å². The molecular formula is C16H18O4. The van der Waals surface area contributed by atoms with Crippen molar-refractivity contribution in [2.24, 2.45) is 0 Å². The maximum Gasteiger partial charge on any atom is 0.211 e. The summed E-state index contributed by atoms with van der Waals surface area (Å²) in [6.45, 7) is 1.98. The predicted octanol–water partition coefficient (Wildman–Crippen LogP) is 3.81. The maximum atomic E-state index is 5.95. The van der Waals surface area contributed by atoms with Gasteiger partial charge in [0.05, 0.1) is 21.3 Å². The van der Waals surface area contributed by atoms with E-state index in [1.54, 1.807) is 33.5 Å². The highest BCUT2D eigenvalue weighted by Crippen LogP contribution is 2.43. The number of aryl methyl sites for hydroxylation is 1. The van der Waals surface area contributed by atoms with Crippen molar-refractivity contribution in [2.75, 3.05) is 21.3 Å². The molecule has 0 saturated heterocycles. The van der Waals surface area contributed by atoms with E-state index in [-0.39, 0.29) is 0 Å². The van der Waals surface area contributed by atoms with Gasteiger partial charge in [-0.25, -0.2) is 0 Å². The molecule has 0 aromatic heterocycles. The molecule has 0 fully saturated rings. The van der Waals surface area contributed by atoms with Crippen LogP contribution in [-0.4, -0.2) is 21.3 Å². The molecular weight excluding hydrogens is 256 g/mol. The Bertz CT molecular complexity index is 568. The first kappa shape index (κ1) is 14.1. The van der Waals surface area contributed by atoms with Crippen LogP contribution in [0.2, 0.25) is 0 Å². The minimum Gasteiger partial charge on any atom is -0.496 e. The number of rotatable bonds is 5. The van der Waals surface area contributed by atoms with Crippen LogP contribution in [0.4, 0.5) is 0 Å². The van der Waals surface area contributed by atoms with Crippen molar-refractivity contribution in [3.8, 4) is 28.7 Å². The molecule has 20 heavy (non-hydrogen) atoms. The van der Waals surface area contributed by atoms with Gasteiger partial charge in [0.2, 0.25) is 5.75 Å². The fraction of sp³-hybridized carbons (Fsp3) is 0.250. The van der Waals surface area contributed by atoms with E-state index in [1.807, 2.05) is 31.2 Å². The van der Waals surface area contributed by atoms with Gasteiger partial charge in [0.25, 0.3) is 0 Å². The summed E-state index contributed by atoms with van der Waals surface area (Å²) in [4.78, 5) is 0. The monoisotopic (exact) mass is 274 g/mol. The molecule has 0 heterocycles. The molecule has 0 aliphatic heterocycles. The van der Waals surface area contributed by atoms with Gasteiger partial charge in [-0.2, -0.15) is 0 Å². The van der Waals surface area contributed by atoms with Gasteiger partial charge in [0.15, 0.2) is 11.5 Å². The Morgan fingerprint density at radius 2 is 1.35 bits per heavy atom. The number of para-hydroxylation sites is 1. The predicted molar refractivity (Wildman–Crippen MR) is 77.4 cm³/mol. The van der Waals surface area contributed by atoms with Gasteiger partial charge in [0.1, 0.15) is 11.5 Å². The summed E-state index contributed by atoms with van der Waals surface area (Å²) >= 11 is 0. The zero-order valence-corrected chi connectivity index (χ0v) is 12.1. The normalized spacial score (nSPS) is 10.0. The lowest BCUT2D eigenvalue weighted by molar-refractivity contribution is 0.337. The summed E-state index contributed by atoms with van der Waals surface area (Å²) < 4.78 is 21.9. The van der Waals surface area contributed by atoms with E-state index in [9.17, 15) is 0 Å². The Labute approximate surface area is 118 Å². The molecule has 0 bridgehead atoms. The minimum atomic E-state index is 0.533. The SMILES string of the molecule is COc1cc(OC)c(Oc2ccccc2C)c(OC)c1. The molecule has 0 amide bonds. The van der Waals surface area contributed by atoms with Crippen LogP contribution in [0.25, 0.3) is 0 Å². The average Bonchev–Trinajstić information content (AvgIpc) is 2.49. The first-order valence-corrected chi connectivity index (χ1v) is 6.23. The summed E-state index contributed by atoms with van der Waals surface area (Å²) in [5, 5.41) is 0. The average molecular weight is 274 g/mol. The highest BCUT2D eigenvalue weighted by Gasteiger charge is 2.16. The fourth-order valence-corrected chi connectivity index (χ4v) is 1.86. The second-order valence-corrected chi connectivity index (χ2v) is 4.23. The van der Waals surface area contributed by atoms with Gasteiger partial charge in [-0.3, -0.25) is 0 Å². The third-order valence-electron chi connectivity index (χ3n) is 2.98. The Morgan fingerprint density at radius 3 is 1.85 bits per heavy atom. The molecule has 0 aliphatic carbocycles. The number of methoxy groups -OCH3 is 3. The smallest absolute Gasteiger partial charge is 0.211 e. The van der Waals surface area contributed by atoms with Crippen molar-refractivity contribution in [1.29, 1.82) is 0 Å². The Balaban J connectivity index is 2.47. The zero-order chi connectivity index (χ0) is 14.5. The van der Waals surface area contributed by atoms with Crippen LogP contribution >= 0.6 is 0 Å². The fourth-order valence-electron chi connectivity index (χ4n) is 1.86. The van der Waals surface area contributed by atoms with Crippen LogP contribution in [0.1, 0.15) is 5.56 Å². The van der Waals surface area contributed by atoms with E-state index in [0.29, 0.717) is 23.0 Å². The highest BCUT2D eigenvalue weighted by molar-refractivity contribution is 5.57. The van der Waals surface area contributed by atoms with Crippen LogP contribution in [-0.2, 0) is 0 Å². The van der Waals surface area contributed by atoms with Crippen LogP contribution in [0.5, 0.6) is 28.7 Å². The van der Waals surface area contributed by atoms with E-state index in [2.05, 4.69) is 0 Å². The Hall–Kier alpha value is -2.36. The van der Waals surface area contributed by atoms with Gasteiger partial charge in [-0.1, -0.05) is 18.2 Å². The maximum absolute atomic E-state index is 5.95. The molecule has 0 spiro atoms. The number of ether oxygens (including phenoxy) is 4. The van der Waals surface area contributed by atoms with Gasteiger partial charge in [0, 0.05) is 12.1 Å². The lowest BCUT2D eigenvalue weighted by atomic mass is 10.2. The van der Waals surface area contributed by atoms with Crippen LogP contribution < -0.4 is 18.9 Å². The van der Waals surface area contributed by atoms with Crippen LogP contribution in [0, 0.1) is 6.92 Å². The third kappa shape index (κ3) is 2.79. The van der Waals surface area contributed by atoms with Gasteiger partial charge < -0.3 is 18.9 Å². The molecule has 0 aliphatic rings. The minimum absolute atomic E-state index is 0.533. The lowest BCUT2D eigenvalue weighted by Crippen LogP contribution is -1.97. The second-order valence-electron chi connectivity index (χ2n) is 4.23. The second kappa shape index (κ2) is 6.19. The van der Waals surface area contributed by atoms with Crippen molar-refractivity contribution in [3.63, 3.8) is 0 Å². The topological polar surface area (TPSA) is 36.9 Å². The Kier molecular flexibility index (Phi) is 4.35. The van der Waals surface area contributed by atoms with Gasteiger partial charge in [-0.15, -0.1) is 0 Å². The number of hydrogen-bond acceptors (Lipinski definition) is 4. The number of hydrogen-bond donors (Lipinski definition) is 0. The Morgan fingerprint density at radius 1 is 0.750 bits per heavy atom. The molecule has 2 aromatic carbocycles. The first-order valence-electron chi connectivity index (χ1n) is 6.23. The molecule has 0 unspecified atom stereocenters. The van der Waals surface area contributed by atoms with E-state index >= 15 is 0 Å². The quantitative estimate of drug-likeness (QED) is 0.830. The van der Waals surface area contributed by atoms with E-state index in [0.717, 1.165) is 11.3 Å². The summed E-state index contributed by atoms with van der Waals surface area (Å²) in [6.07, 6.45) is 0. The molecule has 0 N–H and O–H groups in total. The van der Waals surface area contributed by atoms with Crippen molar-refractivity contribution in [1.82, 2.24) is 0 Å². The molecule has 2 aromatic rings. The number of benzene rings is 2. The summed E-state index contributed by atoms with van der Waals surface area (Å²) in [6, 6.07) is 11.3. The highest BCUT2D eigenvalue weighted by atomic mass is 16.5. The molecule has 2 rings (SSSR count).